The lowest BCUT2D eigenvalue weighted by Gasteiger charge is -2.09. The predicted octanol–water partition coefficient (Wildman–Crippen LogP) is 5.44. The van der Waals surface area contributed by atoms with Crippen LogP contribution in [-0.4, -0.2) is 23.8 Å². The molecule has 0 saturated heterocycles. The molecule has 0 saturated carbocycles. The van der Waals surface area contributed by atoms with Crippen molar-refractivity contribution in [1.82, 2.24) is 4.98 Å². The van der Waals surface area contributed by atoms with Crippen molar-refractivity contribution in [3.63, 3.8) is 0 Å². The van der Waals surface area contributed by atoms with Gasteiger partial charge in [0.1, 0.15) is 10.8 Å². The number of thioether (sulfide) groups is 1. The van der Waals surface area contributed by atoms with Crippen molar-refractivity contribution in [2.24, 2.45) is 0 Å². The number of nitrogens with zero attached hydrogens (tertiary/aromatic N) is 1. The largest absolute Gasteiger partial charge is 0.493 e. The molecule has 2 aromatic carbocycles. The third kappa shape index (κ3) is 5.58. The van der Waals surface area contributed by atoms with Crippen LogP contribution >= 0.6 is 27.7 Å². The first-order valence-electron chi connectivity index (χ1n) is 8.43. The van der Waals surface area contributed by atoms with E-state index in [1.54, 1.807) is 12.3 Å². The minimum atomic E-state index is -0.200. The summed E-state index contributed by atoms with van der Waals surface area (Å²) >= 11 is 4.95. The molecule has 4 nitrogen and oxygen atoms in total. The first-order valence-corrected chi connectivity index (χ1v) is 10.4. The van der Waals surface area contributed by atoms with Gasteiger partial charge in [0.15, 0.2) is 0 Å². The maximum Gasteiger partial charge on any atom is 0.257 e. The zero-order valence-corrected chi connectivity index (χ0v) is 17.2. The van der Waals surface area contributed by atoms with Crippen LogP contribution in [0, 0.1) is 0 Å². The van der Waals surface area contributed by atoms with E-state index in [0.29, 0.717) is 17.9 Å². The highest BCUT2D eigenvalue weighted by Crippen LogP contribution is 2.24. The zero-order valence-electron chi connectivity index (χ0n) is 14.8. The summed E-state index contributed by atoms with van der Waals surface area (Å²) in [6.45, 7) is 0.608. The molecular formula is C21H19BrN2O2S. The predicted molar refractivity (Wildman–Crippen MR) is 114 cm³/mol. The van der Waals surface area contributed by atoms with E-state index in [9.17, 15) is 4.79 Å². The molecule has 0 atom stereocenters. The van der Waals surface area contributed by atoms with Gasteiger partial charge < -0.3 is 10.1 Å². The smallest absolute Gasteiger partial charge is 0.257 e. The molecule has 1 heterocycles. The van der Waals surface area contributed by atoms with E-state index < -0.39 is 0 Å². The summed E-state index contributed by atoms with van der Waals surface area (Å²) in [7, 11) is 0. The molecule has 0 bridgehead atoms. The molecule has 0 aliphatic heterocycles. The van der Waals surface area contributed by atoms with Crippen molar-refractivity contribution in [2.45, 2.75) is 11.4 Å². The molecule has 0 aliphatic carbocycles. The average Bonchev–Trinajstić information content (AvgIpc) is 2.70. The monoisotopic (exact) mass is 442 g/mol. The Labute approximate surface area is 171 Å². The Balaban J connectivity index is 1.54. The number of benzene rings is 2. The van der Waals surface area contributed by atoms with Gasteiger partial charge in [0.05, 0.1) is 16.6 Å². The lowest BCUT2D eigenvalue weighted by Crippen LogP contribution is -2.12. The number of hydrogen-bond acceptors (Lipinski definition) is 4. The highest BCUT2D eigenvalue weighted by atomic mass is 79.9. The molecule has 1 aromatic heterocycles. The van der Waals surface area contributed by atoms with E-state index in [2.05, 4.69) is 38.4 Å². The molecule has 0 unspecified atom stereocenters. The molecule has 6 heteroatoms. The summed E-state index contributed by atoms with van der Waals surface area (Å²) in [5.74, 6) is 0.575. The number of rotatable bonds is 7. The number of aromatic nitrogens is 1. The summed E-state index contributed by atoms with van der Waals surface area (Å²) in [5.41, 5.74) is 2.46. The molecule has 3 aromatic rings. The number of anilines is 1. The standard InChI is InChI=1S/C21H19BrN2O2S/c1-27-21-19(22)13-16(14-23-21)20(25)24-17-7-9-18(10-8-17)26-12-11-15-5-3-2-4-6-15/h2-10,13-14H,11-12H2,1H3,(H,24,25). The Morgan fingerprint density at radius 1 is 1.15 bits per heavy atom. The lowest BCUT2D eigenvalue weighted by atomic mass is 10.2. The van der Waals surface area contributed by atoms with Gasteiger partial charge in [0, 0.05) is 18.3 Å². The van der Waals surface area contributed by atoms with Gasteiger partial charge in [0.2, 0.25) is 0 Å². The quantitative estimate of drug-likeness (QED) is 0.494. The Hall–Kier alpha value is -2.31. The minimum absolute atomic E-state index is 0.200. The fraction of sp³-hybridized carbons (Fsp3) is 0.143. The Bertz CT molecular complexity index is 902. The highest BCUT2D eigenvalue weighted by Gasteiger charge is 2.10. The number of ether oxygens (including phenoxy) is 1. The maximum atomic E-state index is 12.4. The fourth-order valence-electron chi connectivity index (χ4n) is 2.47. The van der Waals surface area contributed by atoms with E-state index in [-0.39, 0.29) is 5.91 Å². The molecular weight excluding hydrogens is 424 g/mol. The van der Waals surface area contributed by atoms with E-state index in [0.717, 1.165) is 21.7 Å². The van der Waals surface area contributed by atoms with Crippen LogP contribution in [0.15, 0.2) is 76.4 Å². The molecule has 1 N–H and O–H groups in total. The maximum absolute atomic E-state index is 12.4. The van der Waals surface area contributed by atoms with Gasteiger partial charge in [0.25, 0.3) is 5.91 Å². The third-order valence-electron chi connectivity index (χ3n) is 3.88. The van der Waals surface area contributed by atoms with Gasteiger partial charge in [-0.15, -0.1) is 11.8 Å². The van der Waals surface area contributed by atoms with Crippen molar-refractivity contribution in [3.05, 3.63) is 82.5 Å². The Morgan fingerprint density at radius 3 is 2.56 bits per heavy atom. The van der Waals surface area contributed by atoms with Gasteiger partial charge in [-0.3, -0.25) is 4.79 Å². The first-order chi connectivity index (χ1) is 13.2. The van der Waals surface area contributed by atoms with Gasteiger partial charge in [-0.25, -0.2) is 4.98 Å². The van der Waals surface area contributed by atoms with Crippen LogP contribution < -0.4 is 10.1 Å². The van der Waals surface area contributed by atoms with Crippen LogP contribution in [0.3, 0.4) is 0 Å². The van der Waals surface area contributed by atoms with E-state index in [1.807, 2.05) is 48.7 Å². The molecule has 0 spiro atoms. The van der Waals surface area contributed by atoms with Crippen LogP contribution in [0.25, 0.3) is 0 Å². The van der Waals surface area contributed by atoms with Gasteiger partial charge in [-0.1, -0.05) is 30.3 Å². The molecule has 0 radical (unpaired) electrons. The number of carbonyl (C=O) groups is 1. The third-order valence-corrected chi connectivity index (χ3v) is 5.46. The molecule has 1 amide bonds. The number of hydrogen-bond donors (Lipinski definition) is 1. The fourth-order valence-corrected chi connectivity index (χ4v) is 3.72. The number of amides is 1. The van der Waals surface area contributed by atoms with Crippen molar-refractivity contribution in [1.29, 1.82) is 0 Å². The van der Waals surface area contributed by atoms with E-state index >= 15 is 0 Å². The van der Waals surface area contributed by atoms with Gasteiger partial charge >= 0.3 is 0 Å². The van der Waals surface area contributed by atoms with Gasteiger partial charge in [-0.05, 0) is 58.1 Å². The highest BCUT2D eigenvalue weighted by molar-refractivity contribution is 9.10. The summed E-state index contributed by atoms with van der Waals surface area (Å²) in [6.07, 6.45) is 4.37. The first kappa shape index (κ1) is 19.5. The van der Waals surface area contributed by atoms with Crippen molar-refractivity contribution in [3.8, 4) is 5.75 Å². The van der Waals surface area contributed by atoms with Crippen LogP contribution in [0.4, 0.5) is 5.69 Å². The van der Waals surface area contributed by atoms with E-state index in [4.69, 9.17) is 4.74 Å². The zero-order chi connectivity index (χ0) is 19.1. The van der Waals surface area contributed by atoms with Crippen molar-refractivity contribution < 1.29 is 9.53 Å². The molecule has 0 aliphatic rings. The SMILES string of the molecule is CSc1ncc(C(=O)Nc2ccc(OCCc3ccccc3)cc2)cc1Br. The van der Waals surface area contributed by atoms with E-state index in [1.165, 1.54) is 17.3 Å². The number of pyridine rings is 1. The summed E-state index contributed by atoms with van der Waals surface area (Å²) < 4.78 is 6.57. The second-order valence-electron chi connectivity index (χ2n) is 5.78. The lowest BCUT2D eigenvalue weighted by molar-refractivity contribution is 0.102. The Kier molecular flexibility index (Phi) is 6.90. The number of halogens is 1. The summed E-state index contributed by atoms with van der Waals surface area (Å²) in [4.78, 5) is 16.6. The van der Waals surface area contributed by atoms with Crippen molar-refractivity contribution >= 4 is 39.3 Å². The van der Waals surface area contributed by atoms with Crippen LogP contribution in [0.2, 0.25) is 0 Å². The second-order valence-corrected chi connectivity index (χ2v) is 7.43. The van der Waals surface area contributed by atoms with Crippen molar-refractivity contribution in [2.75, 3.05) is 18.2 Å². The molecule has 27 heavy (non-hydrogen) atoms. The normalized spacial score (nSPS) is 10.4. The number of carbonyl (C=O) groups excluding carboxylic acids is 1. The minimum Gasteiger partial charge on any atom is -0.493 e. The average molecular weight is 443 g/mol. The van der Waals surface area contributed by atoms with Crippen LogP contribution in [-0.2, 0) is 6.42 Å². The molecule has 3 rings (SSSR count). The summed E-state index contributed by atoms with van der Waals surface area (Å²) in [6, 6.07) is 19.4. The Morgan fingerprint density at radius 2 is 1.89 bits per heavy atom. The summed E-state index contributed by atoms with van der Waals surface area (Å²) in [5, 5.41) is 3.72. The number of nitrogens with one attached hydrogen (secondary N) is 1. The molecule has 0 fully saturated rings. The van der Waals surface area contributed by atoms with Gasteiger partial charge in [-0.2, -0.15) is 0 Å². The second kappa shape index (κ2) is 9.58. The van der Waals surface area contributed by atoms with Crippen LogP contribution in [0.1, 0.15) is 15.9 Å². The molecule has 138 valence electrons. The topological polar surface area (TPSA) is 51.2 Å². The van der Waals surface area contributed by atoms with Crippen LogP contribution in [0.5, 0.6) is 5.75 Å².